The zero-order valence-electron chi connectivity index (χ0n) is 13.1. The lowest BCUT2D eigenvalue weighted by atomic mass is 10.0. The van der Waals surface area contributed by atoms with E-state index in [1.165, 1.54) is 0 Å². The third kappa shape index (κ3) is 5.49. The number of nitrogens with one attached hydrogen (secondary N) is 2. The van der Waals surface area contributed by atoms with Gasteiger partial charge >= 0.3 is 12.3 Å². The van der Waals surface area contributed by atoms with E-state index < -0.39 is 53.4 Å². The lowest BCUT2D eigenvalue weighted by Gasteiger charge is -2.22. The van der Waals surface area contributed by atoms with Gasteiger partial charge < -0.3 is 25.3 Å². The van der Waals surface area contributed by atoms with Gasteiger partial charge in [-0.3, -0.25) is 4.79 Å². The molecule has 1 aromatic rings. The summed E-state index contributed by atoms with van der Waals surface area (Å²) in [6.45, 7) is 4.12. The average molecular weight is 353 g/mol. The highest BCUT2D eigenvalue weighted by molar-refractivity contribution is 5.67. The number of aromatic amines is 1. The Hall–Kier alpha value is -2.14. The topological polar surface area (TPSA) is 125 Å². The van der Waals surface area contributed by atoms with Crippen LogP contribution in [0.5, 0.6) is 0 Å². The molecule has 0 spiro atoms. The standard InChI is InChI=1S/C13H18F3N3O5/c1-12(2,3)24-11(23)17-4-6(20)8(21)7-9(13(14,15)16)18-5-19-10(7)22/h5-6,8,20-21H,4H2,1-3H3,(H,17,23)(H,18,19,22). The normalized spacial score (nSPS) is 14.8. The molecular formula is C13H18F3N3O5. The molecule has 0 radical (unpaired) electrons. The van der Waals surface area contributed by atoms with Crippen LogP contribution in [0.25, 0.3) is 0 Å². The maximum Gasteiger partial charge on any atom is 0.433 e. The summed E-state index contributed by atoms with van der Waals surface area (Å²) in [4.78, 5) is 27.9. The third-order valence-corrected chi connectivity index (χ3v) is 2.67. The number of alkyl carbamates (subject to hydrolysis) is 1. The number of halogens is 3. The molecule has 0 aliphatic rings. The minimum absolute atomic E-state index is 0.534. The number of aromatic nitrogens is 2. The maximum atomic E-state index is 12.9. The molecule has 0 fully saturated rings. The van der Waals surface area contributed by atoms with Crippen LogP contribution < -0.4 is 10.9 Å². The monoisotopic (exact) mass is 353 g/mol. The molecule has 2 atom stereocenters. The highest BCUT2D eigenvalue weighted by Crippen LogP contribution is 2.31. The molecule has 8 nitrogen and oxygen atoms in total. The summed E-state index contributed by atoms with van der Waals surface area (Å²) < 4.78 is 43.4. The number of hydrogen-bond donors (Lipinski definition) is 4. The van der Waals surface area contributed by atoms with Crippen LogP contribution in [0.1, 0.15) is 38.1 Å². The SMILES string of the molecule is CC(C)(C)OC(=O)NCC(O)C(O)c1c(C(F)(F)F)nc[nH]c1=O. The van der Waals surface area contributed by atoms with Crippen molar-refractivity contribution in [2.24, 2.45) is 0 Å². The van der Waals surface area contributed by atoms with E-state index in [-0.39, 0.29) is 0 Å². The van der Waals surface area contributed by atoms with Crippen molar-refractivity contribution in [3.05, 3.63) is 27.9 Å². The summed E-state index contributed by atoms with van der Waals surface area (Å²) in [5.74, 6) is 0. The number of alkyl halides is 3. The zero-order valence-corrected chi connectivity index (χ0v) is 13.1. The van der Waals surface area contributed by atoms with Crippen molar-refractivity contribution >= 4 is 6.09 Å². The first-order valence-corrected chi connectivity index (χ1v) is 6.80. The smallest absolute Gasteiger partial charge is 0.433 e. The molecule has 1 rings (SSSR count). The van der Waals surface area contributed by atoms with Crippen LogP contribution in [-0.2, 0) is 10.9 Å². The van der Waals surface area contributed by atoms with Crippen LogP contribution in [-0.4, -0.2) is 44.5 Å². The molecule has 0 saturated heterocycles. The van der Waals surface area contributed by atoms with E-state index in [2.05, 4.69) is 10.3 Å². The van der Waals surface area contributed by atoms with Gasteiger partial charge in [-0.05, 0) is 20.8 Å². The number of carbonyl (C=O) groups excluding carboxylic acids is 1. The second kappa shape index (κ2) is 7.18. The summed E-state index contributed by atoms with van der Waals surface area (Å²) in [6, 6.07) is 0. The Kier molecular flexibility index (Phi) is 5.95. The molecule has 136 valence electrons. The van der Waals surface area contributed by atoms with Gasteiger partial charge in [-0.25, -0.2) is 9.78 Å². The Balaban J connectivity index is 2.89. The van der Waals surface area contributed by atoms with Gasteiger partial charge in [0.15, 0.2) is 5.69 Å². The van der Waals surface area contributed by atoms with Crippen LogP contribution in [0.4, 0.5) is 18.0 Å². The van der Waals surface area contributed by atoms with E-state index in [9.17, 15) is 33.0 Å². The molecule has 0 aromatic carbocycles. The summed E-state index contributed by atoms with van der Waals surface area (Å²) in [7, 11) is 0. The van der Waals surface area contributed by atoms with Crippen LogP contribution in [0.3, 0.4) is 0 Å². The van der Waals surface area contributed by atoms with Gasteiger partial charge in [0.05, 0.1) is 11.9 Å². The number of aliphatic hydroxyl groups excluding tert-OH is 2. The zero-order chi connectivity index (χ0) is 18.7. The minimum atomic E-state index is -5.00. The van der Waals surface area contributed by atoms with E-state index in [1.807, 2.05) is 4.98 Å². The quantitative estimate of drug-likeness (QED) is 0.632. The Labute approximate surface area is 134 Å². The second-order valence-corrected chi connectivity index (χ2v) is 5.89. The van der Waals surface area contributed by atoms with Crippen LogP contribution in [0.2, 0.25) is 0 Å². The number of hydrogen-bond acceptors (Lipinski definition) is 6. The third-order valence-electron chi connectivity index (χ3n) is 2.67. The number of amides is 1. The summed E-state index contributed by atoms with van der Waals surface area (Å²) in [6.07, 6.45) is -9.50. The maximum absolute atomic E-state index is 12.9. The fourth-order valence-corrected chi connectivity index (χ4v) is 1.72. The number of aliphatic hydroxyl groups is 2. The lowest BCUT2D eigenvalue weighted by Crippen LogP contribution is -2.40. The van der Waals surface area contributed by atoms with Gasteiger partial charge in [0.25, 0.3) is 5.56 Å². The van der Waals surface area contributed by atoms with Crippen LogP contribution >= 0.6 is 0 Å². The van der Waals surface area contributed by atoms with Crippen LogP contribution in [0.15, 0.2) is 11.1 Å². The molecule has 0 aliphatic heterocycles. The van der Waals surface area contributed by atoms with Crippen molar-refractivity contribution in [1.29, 1.82) is 0 Å². The molecule has 0 aliphatic carbocycles. The van der Waals surface area contributed by atoms with Crippen molar-refractivity contribution in [2.45, 2.75) is 44.8 Å². The minimum Gasteiger partial charge on any atom is -0.444 e. The highest BCUT2D eigenvalue weighted by atomic mass is 19.4. The first-order chi connectivity index (χ1) is 10.8. The van der Waals surface area contributed by atoms with Gasteiger partial charge in [-0.2, -0.15) is 13.2 Å². The molecule has 1 heterocycles. The number of carbonyl (C=O) groups is 1. The summed E-state index contributed by atoms with van der Waals surface area (Å²) in [5.41, 5.74) is -4.82. The fraction of sp³-hybridized carbons (Fsp3) is 0.615. The van der Waals surface area contributed by atoms with Gasteiger partial charge in [-0.1, -0.05) is 0 Å². The van der Waals surface area contributed by atoms with Gasteiger partial charge in [0.2, 0.25) is 0 Å². The van der Waals surface area contributed by atoms with Crippen LogP contribution in [0, 0.1) is 0 Å². The predicted molar refractivity (Wildman–Crippen MR) is 75.1 cm³/mol. The van der Waals surface area contributed by atoms with E-state index in [0.717, 1.165) is 0 Å². The number of ether oxygens (including phenoxy) is 1. The molecule has 0 bridgehead atoms. The van der Waals surface area contributed by atoms with E-state index in [1.54, 1.807) is 20.8 Å². The molecule has 2 unspecified atom stereocenters. The first-order valence-electron chi connectivity index (χ1n) is 6.80. The molecule has 11 heteroatoms. The Morgan fingerprint density at radius 1 is 1.38 bits per heavy atom. The van der Waals surface area contributed by atoms with Gasteiger partial charge in [-0.15, -0.1) is 0 Å². The van der Waals surface area contributed by atoms with Crippen molar-refractivity contribution < 1.29 is 32.9 Å². The second-order valence-electron chi connectivity index (χ2n) is 5.89. The first kappa shape index (κ1) is 19.9. The average Bonchev–Trinajstić information content (AvgIpc) is 2.41. The molecule has 1 aromatic heterocycles. The Morgan fingerprint density at radius 2 is 1.96 bits per heavy atom. The largest absolute Gasteiger partial charge is 0.444 e. The van der Waals surface area contributed by atoms with E-state index in [0.29, 0.717) is 6.33 Å². The summed E-state index contributed by atoms with van der Waals surface area (Å²) in [5, 5.41) is 21.7. The van der Waals surface area contributed by atoms with Crippen molar-refractivity contribution in [2.75, 3.05) is 6.54 Å². The lowest BCUT2D eigenvalue weighted by molar-refractivity contribution is -0.143. The van der Waals surface area contributed by atoms with Gasteiger partial charge in [0, 0.05) is 6.54 Å². The number of H-pyrrole nitrogens is 1. The molecule has 4 N–H and O–H groups in total. The van der Waals surface area contributed by atoms with Crippen molar-refractivity contribution in [1.82, 2.24) is 15.3 Å². The number of rotatable bonds is 4. The molecular weight excluding hydrogens is 335 g/mol. The number of nitrogens with zero attached hydrogens (tertiary/aromatic N) is 1. The molecule has 24 heavy (non-hydrogen) atoms. The fourth-order valence-electron chi connectivity index (χ4n) is 1.72. The Morgan fingerprint density at radius 3 is 2.46 bits per heavy atom. The molecule has 1 amide bonds. The van der Waals surface area contributed by atoms with Gasteiger partial charge in [0.1, 0.15) is 17.8 Å². The van der Waals surface area contributed by atoms with E-state index in [4.69, 9.17) is 4.74 Å². The highest BCUT2D eigenvalue weighted by Gasteiger charge is 2.40. The Bertz CT molecular complexity index is 639. The molecule has 0 saturated carbocycles. The van der Waals surface area contributed by atoms with Crippen molar-refractivity contribution in [3.63, 3.8) is 0 Å². The summed E-state index contributed by atoms with van der Waals surface area (Å²) >= 11 is 0. The predicted octanol–water partition coefficient (Wildman–Crippen LogP) is 0.708. The van der Waals surface area contributed by atoms with Crippen molar-refractivity contribution in [3.8, 4) is 0 Å². The van der Waals surface area contributed by atoms with E-state index >= 15 is 0 Å².